The Morgan fingerprint density at radius 2 is 2.23 bits per heavy atom. The third kappa shape index (κ3) is 2.82. The van der Waals surface area contributed by atoms with Gasteiger partial charge in [0.25, 0.3) is 0 Å². The fourth-order valence-electron chi connectivity index (χ4n) is 2.78. The highest BCUT2D eigenvalue weighted by atomic mass is 16.5. The van der Waals surface area contributed by atoms with Gasteiger partial charge in [-0.2, -0.15) is 0 Å². The predicted molar refractivity (Wildman–Crippen MR) is 83.7 cm³/mol. The number of methoxy groups -OCH3 is 1. The summed E-state index contributed by atoms with van der Waals surface area (Å²) in [5.74, 6) is -0.426. The van der Waals surface area contributed by atoms with Gasteiger partial charge in [0, 0.05) is 48.9 Å². The first kappa shape index (κ1) is 14.6. The number of carbonyl (C=O) groups excluding carboxylic acids is 2. The van der Waals surface area contributed by atoms with Gasteiger partial charge < -0.3 is 14.6 Å². The van der Waals surface area contributed by atoms with Crippen LogP contribution in [0.5, 0.6) is 0 Å². The summed E-state index contributed by atoms with van der Waals surface area (Å²) in [5.41, 5.74) is 1.01. The first-order valence-corrected chi connectivity index (χ1v) is 7.36. The van der Waals surface area contributed by atoms with E-state index in [0.29, 0.717) is 19.4 Å². The highest BCUT2D eigenvalue weighted by Gasteiger charge is 2.27. The van der Waals surface area contributed by atoms with Crippen LogP contribution in [-0.2, 0) is 14.3 Å². The van der Waals surface area contributed by atoms with Crippen molar-refractivity contribution in [2.75, 3.05) is 25.6 Å². The van der Waals surface area contributed by atoms with Gasteiger partial charge in [-0.15, -0.1) is 0 Å². The van der Waals surface area contributed by atoms with Gasteiger partial charge in [-0.1, -0.05) is 12.1 Å². The minimum Gasteiger partial charge on any atom is -0.383 e. The number of ether oxygens (including phenoxy) is 1. The van der Waals surface area contributed by atoms with Crippen LogP contribution in [0.3, 0.4) is 0 Å². The molecule has 1 atom stereocenters. The Morgan fingerprint density at radius 3 is 3.00 bits per heavy atom. The third-order valence-electron chi connectivity index (χ3n) is 3.90. The number of anilines is 1. The van der Waals surface area contributed by atoms with Gasteiger partial charge in [0.1, 0.15) is 6.04 Å². The minimum atomic E-state index is -0.322. The molecule has 0 radical (unpaired) electrons. The van der Waals surface area contributed by atoms with Gasteiger partial charge in [-0.3, -0.25) is 14.9 Å². The lowest BCUT2D eigenvalue weighted by Gasteiger charge is -2.22. The van der Waals surface area contributed by atoms with Crippen LogP contribution in [0.4, 0.5) is 5.69 Å². The van der Waals surface area contributed by atoms with E-state index in [2.05, 4.69) is 10.6 Å². The Labute approximate surface area is 128 Å². The molecule has 1 aliphatic heterocycles. The molecule has 1 aliphatic rings. The van der Waals surface area contributed by atoms with Crippen LogP contribution in [-0.4, -0.2) is 36.6 Å². The van der Waals surface area contributed by atoms with Gasteiger partial charge in [0.15, 0.2) is 0 Å². The SMILES string of the molecule is COCCNc1cccc2cn(C3CCC(=O)NC3=O)cc12. The lowest BCUT2D eigenvalue weighted by atomic mass is 10.1. The summed E-state index contributed by atoms with van der Waals surface area (Å²) >= 11 is 0. The zero-order chi connectivity index (χ0) is 15.5. The average molecular weight is 301 g/mol. The van der Waals surface area contributed by atoms with Gasteiger partial charge in [0.2, 0.25) is 11.8 Å². The number of aromatic nitrogens is 1. The van der Waals surface area contributed by atoms with Crippen molar-refractivity contribution in [3.63, 3.8) is 0 Å². The molecule has 0 saturated carbocycles. The Kier molecular flexibility index (Phi) is 4.11. The van der Waals surface area contributed by atoms with Crippen molar-refractivity contribution in [2.45, 2.75) is 18.9 Å². The van der Waals surface area contributed by atoms with Crippen molar-refractivity contribution < 1.29 is 14.3 Å². The second-order valence-electron chi connectivity index (χ2n) is 5.40. The molecule has 2 amide bonds. The molecule has 22 heavy (non-hydrogen) atoms. The second-order valence-corrected chi connectivity index (χ2v) is 5.40. The Morgan fingerprint density at radius 1 is 1.36 bits per heavy atom. The molecule has 3 rings (SSSR count). The summed E-state index contributed by atoms with van der Waals surface area (Å²) < 4.78 is 6.94. The maximum atomic E-state index is 12.0. The summed E-state index contributed by atoms with van der Waals surface area (Å²) in [6.45, 7) is 1.35. The highest BCUT2D eigenvalue weighted by molar-refractivity contribution is 6.00. The number of fused-ring (bicyclic) bond motifs is 1. The monoisotopic (exact) mass is 301 g/mol. The molecule has 1 aromatic carbocycles. The molecule has 6 nitrogen and oxygen atoms in total. The number of piperidine rings is 1. The first-order valence-electron chi connectivity index (χ1n) is 7.36. The Balaban J connectivity index is 1.87. The van der Waals surface area contributed by atoms with Gasteiger partial charge in [-0.25, -0.2) is 0 Å². The molecule has 0 spiro atoms. The zero-order valence-corrected chi connectivity index (χ0v) is 12.5. The quantitative estimate of drug-likeness (QED) is 0.651. The van der Waals surface area contributed by atoms with Gasteiger partial charge in [0.05, 0.1) is 6.61 Å². The van der Waals surface area contributed by atoms with Crippen LogP contribution in [0, 0.1) is 0 Å². The summed E-state index contributed by atoms with van der Waals surface area (Å²) in [4.78, 5) is 23.3. The second kappa shape index (κ2) is 6.19. The van der Waals surface area contributed by atoms with E-state index < -0.39 is 0 Å². The molecule has 1 saturated heterocycles. The van der Waals surface area contributed by atoms with Crippen molar-refractivity contribution in [1.29, 1.82) is 0 Å². The summed E-state index contributed by atoms with van der Waals surface area (Å²) in [6.07, 6.45) is 4.84. The number of imide groups is 1. The molecule has 1 unspecified atom stereocenters. The smallest absolute Gasteiger partial charge is 0.249 e. The van der Waals surface area contributed by atoms with Crippen LogP contribution >= 0.6 is 0 Å². The number of benzene rings is 1. The Bertz CT molecular complexity index is 708. The van der Waals surface area contributed by atoms with Crippen molar-refractivity contribution in [3.05, 3.63) is 30.6 Å². The number of rotatable bonds is 5. The number of hydrogen-bond acceptors (Lipinski definition) is 4. The van der Waals surface area contributed by atoms with E-state index in [1.165, 1.54) is 0 Å². The zero-order valence-electron chi connectivity index (χ0n) is 12.5. The summed E-state index contributed by atoms with van der Waals surface area (Å²) in [5, 5.41) is 7.85. The Hall–Kier alpha value is -2.34. The summed E-state index contributed by atoms with van der Waals surface area (Å²) in [7, 11) is 1.67. The van der Waals surface area contributed by atoms with E-state index >= 15 is 0 Å². The maximum absolute atomic E-state index is 12.0. The van der Waals surface area contributed by atoms with E-state index in [9.17, 15) is 9.59 Å². The molecule has 1 fully saturated rings. The lowest BCUT2D eigenvalue weighted by molar-refractivity contribution is -0.135. The first-order chi connectivity index (χ1) is 10.7. The fourth-order valence-corrected chi connectivity index (χ4v) is 2.78. The largest absolute Gasteiger partial charge is 0.383 e. The van der Waals surface area contributed by atoms with Crippen LogP contribution in [0.15, 0.2) is 30.6 Å². The van der Waals surface area contributed by atoms with Crippen LogP contribution < -0.4 is 10.6 Å². The van der Waals surface area contributed by atoms with E-state index in [1.807, 2.05) is 35.2 Å². The molecule has 0 bridgehead atoms. The van der Waals surface area contributed by atoms with Crippen molar-refractivity contribution in [3.8, 4) is 0 Å². The van der Waals surface area contributed by atoms with Gasteiger partial charge in [-0.05, 0) is 12.5 Å². The highest BCUT2D eigenvalue weighted by Crippen LogP contribution is 2.28. The molecule has 2 N–H and O–H groups in total. The number of carbonyl (C=O) groups is 2. The molecular weight excluding hydrogens is 282 g/mol. The van der Waals surface area contributed by atoms with E-state index in [0.717, 1.165) is 23.0 Å². The number of hydrogen-bond donors (Lipinski definition) is 2. The van der Waals surface area contributed by atoms with E-state index in [4.69, 9.17) is 4.74 Å². The van der Waals surface area contributed by atoms with Crippen LogP contribution in [0.1, 0.15) is 18.9 Å². The van der Waals surface area contributed by atoms with Crippen molar-refractivity contribution in [1.82, 2.24) is 9.88 Å². The minimum absolute atomic E-state index is 0.195. The van der Waals surface area contributed by atoms with Crippen molar-refractivity contribution >= 4 is 28.3 Å². The third-order valence-corrected chi connectivity index (χ3v) is 3.90. The fraction of sp³-hybridized carbons (Fsp3) is 0.375. The molecule has 2 heterocycles. The molecular formula is C16H19N3O3. The summed E-state index contributed by atoms with van der Waals surface area (Å²) in [6, 6.07) is 5.68. The molecule has 1 aromatic heterocycles. The average Bonchev–Trinajstić information content (AvgIpc) is 2.92. The van der Waals surface area contributed by atoms with Crippen molar-refractivity contribution in [2.24, 2.45) is 0 Å². The molecule has 116 valence electrons. The van der Waals surface area contributed by atoms with E-state index in [1.54, 1.807) is 7.11 Å². The number of nitrogens with one attached hydrogen (secondary N) is 2. The van der Waals surface area contributed by atoms with Gasteiger partial charge >= 0.3 is 0 Å². The van der Waals surface area contributed by atoms with E-state index in [-0.39, 0.29) is 17.9 Å². The number of amides is 2. The molecule has 0 aliphatic carbocycles. The normalized spacial score (nSPS) is 18.5. The number of nitrogens with zero attached hydrogens (tertiary/aromatic N) is 1. The topological polar surface area (TPSA) is 72.4 Å². The standard InChI is InChI=1S/C16H19N3O3/c1-22-8-7-17-13-4-2-3-11-9-19(10-12(11)13)14-5-6-15(20)18-16(14)21/h2-4,9-10,14,17H,5-8H2,1H3,(H,18,20,21). The lowest BCUT2D eigenvalue weighted by Crippen LogP contribution is -2.41. The maximum Gasteiger partial charge on any atom is 0.249 e. The molecule has 6 heteroatoms. The van der Waals surface area contributed by atoms with Crippen LogP contribution in [0.25, 0.3) is 10.8 Å². The van der Waals surface area contributed by atoms with Crippen LogP contribution in [0.2, 0.25) is 0 Å². The molecule has 2 aromatic rings. The predicted octanol–water partition coefficient (Wildman–Crippen LogP) is 1.68.